The molecule has 0 bridgehead atoms. The fourth-order valence-electron chi connectivity index (χ4n) is 1.85. The molecule has 5 nitrogen and oxygen atoms in total. The predicted molar refractivity (Wildman–Crippen MR) is 62.3 cm³/mol. The minimum absolute atomic E-state index is 0.122. The number of para-hydroxylation sites is 1. The number of aromatic nitrogens is 1. The molecule has 0 amide bonds. The van der Waals surface area contributed by atoms with Crippen molar-refractivity contribution in [2.75, 3.05) is 6.54 Å². The Morgan fingerprint density at radius 2 is 2.25 bits per heavy atom. The molecular formula is C11H13N3O2. The second-order valence-corrected chi connectivity index (χ2v) is 3.66. The third-order valence-corrected chi connectivity index (χ3v) is 2.63. The highest BCUT2D eigenvalue weighted by atomic mass is 16.6. The van der Waals surface area contributed by atoms with Crippen molar-refractivity contribution >= 4 is 16.6 Å². The van der Waals surface area contributed by atoms with Crippen molar-refractivity contribution in [1.29, 1.82) is 0 Å². The molecule has 1 aromatic heterocycles. The lowest BCUT2D eigenvalue weighted by atomic mass is 10.1. The third-order valence-electron chi connectivity index (χ3n) is 2.63. The van der Waals surface area contributed by atoms with Gasteiger partial charge in [0.05, 0.1) is 4.92 Å². The van der Waals surface area contributed by atoms with Crippen molar-refractivity contribution in [3.05, 3.63) is 40.1 Å². The molecule has 0 aliphatic heterocycles. The molecule has 0 saturated heterocycles. The molecule has 16 heavy (non-hydrogen) atoms. The summed E-state index contributed by atoms with van der Waals surface area (Å²) in [5, 5.41) is 11.7. The molecule has 2 aromatic rings. The zero-order valence-electron chi connectivity index (χ0n) is 8.77. The first-order chi connectivity index (χ1) is 7.74. The van der Waals surface area contributed by atoms with Crippen molar-refractivity contribution in [3.8, 4) is 0 Å². The summed E-state index contributed by atoms with van der Waals surface area (Å²) < 4.78 is 0. The molecule has 0 aliphatic carbocycles. The highest BCUT2D eigenvalue weighted by Crippen LogP contribution is 2.27. The molecule has 0 unspecified atom stereocenters. The molecule has 5 heteroatoms. The first kappa shape index (κ1) is 10.6. The van der Waals surface area contributed by atoms with E-state index in [1.807, 2.05) is 12.3 Å². The Morgan fingerprint density at radius 3 is 2.94 bits per heavy atom. The van der Waals surface area contributed by atoms with E-state index in [-0.39, 0.29) is 10.6 Å². The van der Waals surface area contributed by atoms with Crippen LogP contribution in [0.25, 0.3) is 10.9 Å². The van der Waals surface area contributed by atoms with Crippen LogP contribution in [-0.4, -0.2) is 16.5 Å². The van der Waals surface area contributed by atoms with E-state index in [9.17, 15) is 10.1 Å². The van der Waals surface area contributed by atoms with E-state index in [0.717, 1.165) is 23.8 Å². The van der Waals surface area contributed by atoms with E-state index in [2.05, 4.69) is 4.98 Å². The first-order valence-corrected chi connectivity index (χ1v) is 5.17. The average Bonchev–Trinajstić information content (AvgIpc) is 2.69. The van der Waals surface area contributed by atoms with Crippen LogP contribution in [0, 0.1) is 10.1 Å². The van der Waals surface area contributed by atoms with Gasteiger partial charge in [0.1, 0.15) is 5.52 Å². The second kappa shape index (κ2) is 4.32. The van der Waals surface area contributed by atoms with Crippen molar-refractivity contribution < 1.29 is 4.92 Å². The van der Waals surface area contributed by atoms with Crippen molar-refractivity contribution in [2.24, 2.45) is 5.73 Å². The van der Waals surface area contributed by atoms with Gasteiger partial charge in [-0.05, 0) is 24.9 Å². The minimum atomic E-state index is -0.369. The summed E-state index contributed by atoms with van der Waals surface area (Å²) in [6.07, 6.45) is 3.56. The van der Waals surface area contributed by atoms with Gasteiger partial charge in [-0.25, -0.2) is 0 Å². The summed E-state index contributed by atoms with van der Waals surface area (Å²) in [6.45, 7) is 0.627. The van der Waals surface area contributed by atoms with Gasteiger partial charge in [-0.15, -0.1) is 0 Å². The number of hydrogen-bond acceptors (Lipinski definition) is 3. The summed E-state index contributed by atoms with van der Waals surface area (Å²) >= 11 is 0. The van der Waals surface area contributed by atoms with Gasteiger partial charge in [0.15, 0.2) is 0 Å². The van der Waals surface area contributed by atoms with Crippen molar-refractivity contribution in [1.82, 2.24) is 4.98 Å². The molecule has 0 saturated carbocycles. The van der Waals surface area contributed by atoms with Gasteiger partial charge in [-0.1, -0.05) is 12.1 Å². The number of nitrogens with one attached hydrogen (secondary N) is 1. The standard InChI is InChI=1S/C11H13N3O2/c12-6-2-3-8-7-13-11-9(8)4-1-5-10(11)14(15)16/h1,4-5,7,13H,2-3,6,12H2. The largest absolute Gasteiger partial charge is 0.355 e. The second-order valence-electron chi connectivity index (χ2n) is 3.66. The van der Waals surface area contributed by atoms with E-state index >= 15 is 0 Å². The third kappa shape index (κ3) is 1.77. The van der Waals surface area contributed by atoms with Crippen molar-refractivity contribution in [2.45, 2.75) is 12.8 Å². The summed E-state index contributed by atoms with van der Waals surface area (Å²) in [6, 6.07) is 5.11. The van der Waals surface area contributed by atoms with Crippen LogP contribution in [0.2, 0.25) is 0 Å². The molecule has 0 spiro atoms. The molecule has 0 fully saturated rings. The zero-order chi connectivity index (χ0) is 11.5. The van der Waals surface area contributed by atoms with Crippen LogP contribution < -0.4 is 5.73 Å². The van der Waals surface area contributed by atoms with Gasteiger partial charge in [-0.2, -0.15) is 0 Å². The molecule has 1 heterocycles. The van der Waals surface area contributed by atoms with E-state index in [1.54, 1.807) is 6.07 Å². The maximum Gasteiger partial charge on any atom is 0.293 e. The molecule has 0 radical (unpaired) electrons. The number of non-ortho nitro benzene ring substituents is 1. The Labute approximate surface area is 92.4 Å². The highest BCUT2D eigenvalue weighted by molar-refractivity contribution is 5.90. The fraction of sp³-hybridized carbons (Fsp3) is 0.273. The van der Waals surface area contributed by atoms with Gasteiger partial charge < -0.3 is 10.7 Å². The van der Waals surface area contributed by atoms with Gasteiger partial charge in [0.25, 0.3) is 5.69 Å². The minimum Gasteiger partial charge on any atom is -0.355 e. The van der Waals surface area contributed by atoms with Crippen LogP contribution >= 0.6 is 0 Å². The molecule has 0 aliphatic rings. The van der Waals surface area contributed by atoms with E-state index in [0.29, 0.717) is 12.1 Å². The van der Waals surface area contributed by atoms with Gasteiger partial charge in [0.2, 0.25) is 0 Å². The Balaban J connectivity index is 2.48. The van der Waals surface area contributed by atoms with Crippen molar-refractivity contribution in [3.63, 3.8) is 0 Å². The monoisotopic (exact) mass is 219 g/mol. The number of nitrogens with zero attached hydrogens (tertiary/aromatic N) is 1. The number of nitro groups is 1. The SMILES string of the molecule is NCCCc1c[nH]c2c([N+](=O)[O-])cccc12. The highest BCUT2D eigenvalue weighted by Gasteiger charge is 2.14. The van der Waals surface area contributed by atoms with Crippen LogP contribution in [0.3, 0.4) is 0 Å². The Morgan fingerprint density at radius 1 is 1.44 bits per heavy atom. The topological polar surface area (TPSA) is 85.0 Å². The lowest BCUT2D eigenvalue weighted by Crippen LogP contribution is -1.99. The molecule has 84 valence electrons. The zero-order valence-corrected chi connectivity index (χ0v) is 8.77. The maximum absolute atomic E-state index is 10.8. The lowest BCUT2D eigenvalue weighted by molar-refractivity contribution is -0.383. The van der Waals surface area contributed by atoms with E-state index in [1.165, 1.54) is 6.07 Å². The summed E-state index contributed by atoms with van der Waals surface area (Å²) in [4.78, 5) is 13.4. The van der Waals surface area contributed by atoms with E-state index in [4.69, 9.17) is 5.73 Å². The number of aromatic amines is 1. The predicted octanol–water partition coefficient (Wildman–Crippen LogP) is 1.97. The molecule has 2 rings (SSSR count). The number of benzene rings is 1. The number of aryl methyl sites for hydroxylation is 1. The van der Waals surface area contributed by atoms with Crippen LogP contribution in [0.1, 0.15) is 12.0 Å². The molecule has 3 N–H and O–H groups in total. The molecular weight excluding hydrogens is 206 g/mol. The van der Waals surface area contributed by atoms with Gasteiger partial charge in [-0.3, -0.25) is 10.1 Å². The number of H-pyrrole nitrogens is 1. The van der Waals surface area contributed by atoms with Crippen LogP contribution in [-0.2, 0) is 6.42 Å². The summed E-state index contributed by atoms with van der Waals surface area (Å²) in [5.74, 6) is 0. The lowest BCUT2D eigenvalue weighted by Gasteiger charge is -1.97. The maximum atomic E-state index is 10.8. The summed E-state index contributed by atoms with van der Waals surface area (Å²) in [7, 11) is 0. The average molecular weight is 219 g/mol. The molecule has 0 atom stereocenters. The number of rotatable bonds is 4. The Hall–Kier alpha value is -1.88. The van der Waals surface area contributed by atoms with E-state index < -0.39 is 0 Å². The number of nitrogens with two attached hydrogens (primary N) is 1. The number of fused-ring (bicyclic) bond motifs is 1. The fourth-order valence-corrected chi connectivity index (χ4v) is 1.85. The normalized spacial score (nSPS) is 10.8. The number of hydrogen-bond donors (Lipinski definition) is 2. The molecule has 1 aromatic carbocycles. The quantitative estimate of drug-likeness (QED) is 0.609. The van der Waals surface area contributed by atoms with Crippen LogP contribution in [0.4, 0.5) is 5.69 Å². The smallest absolute Gasteiger partial charge is 0.293 e. The Kier molecular flexibility index (Phi) is 2.87. The summed E-state index contributed by atoms with van der Waals surface area (Å²) in [5.41, 5.74) is 7.25. The van der Waals surface area contributed by atoms with Gasteiger partial charge >= 0.3 is 0 Å². The first-order valence-electron chi connectivity index (χ1n) is 5.17. The van der Waals surface area contributed by atoms with Crippen LogP contribution in [0.15, 0.2) is 24.4 Å². The van der Waals surface area contributed by atoms with Crippen LogP contribution in [0.5, 0.6) is 0 Å². The number of nitro benzene ring substituents is 1. The Bertz CT molecular complexity index is 519. The van der Waals surface area contributed by atoms with Gasteiger partial charge in [0, 0.05) is 17.6 Å².